The van der Waals surface area contributed by atoms with Crippen LogP contribution in [0.25, 0.3) is 0 Å². The molecule has 1 aromatic rings. The molecule has 1 rings (SSSR count). The molecule has 4 nitrogen and oxygen atoms in total. The largest absolute Gasteiger partial charge is 0.481 e. The second-order valence-electron chi connectivity index (χ2n) is 4.18. The van der Waals surface area contributed by atoms with Crippen molar-refractivity contribution >= 4 is 5.91 Å². The normalized spacial score (nSPS) is 12.8. The number of benzene rings is 1. The Morgan fingerprint density at radius 2 is 2.10 bits per heavy atom. The maximum absolute atomic E-state index is 12.9. The van der Waals surface area contributed by atoms with Gasteiger partial charge in [-0.15, -0.1) is 0 Å². The van der Waals surface area contributed by atoms with E-state index in [0.717, 1.165) is 6.07 Å². The highest BCUT2D eigenvalue weighted by Crippen LogP contribution is 2.14. The fourth-order valence-electron chi connectivity index (χ4n) is 1.38. The summed E-state index contributed by atoms with van der Waals surface area (Å²) in [6.45, 7) is -0.265. The topological polar surface area (TPSA) is 47.6 Å². The van der Waals surface area contributed by atoms with Crippen LogP contribution in [-0.2, 0) is 9.53 Å². The van der Waals surface area contributed by atoms with Gasteiger partial charge in [-0.1, -0.05) is 6.07 Å². The van der Waals surface area contributed by atoms with Crippen molar-refractivity contribution < 1.29 is 31.8 Å². The van der Waals surface area contributed by atoms with Crippen LogP contribution in [0.5, 0.6) is 5.75 Å². The number of rotatable bonds is 7. The minimum Gasteiger partial charge on any atom is -0.481 e. The van der Waals surface area contributed by atoms with Crippen LogP contribution in [0.1, 0.15) is 6.92 Å². The number of carbonyl (C=O) groups is 1. The standard InChI is InChI=1S/C13H15F4NO3/c1-9(21-11-4-2-3-10(14)7-11)12(19)18-5-6-20-8-13(15,16)17/h2-4,7,9H,5-6,8H2,1H3,(H,18,19). The molecule has 1 aromatic carbocycles. The van der Waals surface area contributed by atoms with Gasteiger partial charge in [0, 0.05) is 12.6 Å². The van der Waals surface area contributed by atoms with Gasteiger partial charge in [0.1, 0.15) is 18.2 Å². The molecular formula is C13H15F4NO3. The van der Waals surface area contributed by atoms with Crippen LogP contribution in [-0.4, -0.2) is 37.9 Å². The summed E-state index contributed by atoms with van der Waals surface area (Å²) in [5.74, 6) is -0.846. The lowest BCUT2D eigenvalue weighted by Crippen LogP contribution is -2.38. The van der Waals surface area contributed by atoms with Crippen LogP contribution >= 0.6 is 0 Å². The number of halogens is 4. The number of alkyl halides is 3. The molecule has 0 saturated heterocycles. The number of nitrogens with one attached hydrogen (secondary N) is 1. The maximum Gasteiger partial charge on any atom is 0.411 e. The number of hydrogen-bond donors (Lipinski definition) is 1. The summed E-state index contributed by atoms with van der Waals surface area (Å²) in [5.41, 5.74) is 0. The van der Waals surface area contributed by atoms with Crippen molar-refractivity contribution in [3.05, 3.63) is 30.1 Å². The minimum absolute atomic E-state index is 0.0776. The van der Waals surface area contributed by atoms with E-state index < -0.39 is 30.6 Å². The third-order valence-electron chi connectivity index (χ3n) is 2.29. The molecule has 0 aromatic heterocycles. The Morgan fingerprint density at radius 3 is 2.71 bits per heavy atom. The number of ether oxygens (including phenoxy) is 2. The Balaban J connectivity index is 2.25. The SMILES string of the molecule is CC(Oc1cccc(F)c1)C(=O)NCCOCC(F)(F)F. The lowest BCUT2D eigenvalue weighted by atomic mass is 10.3. The Labute approximate surface area is 119 Å². The third-order valence-corrected chi connectivity index (χ3v) is 2.29. The van der Waals surface area contributed by atoms with Crippen LogP contribution in [0.3, 0.4) is 0 Å². The molecule has 0 aliphatic carbocycles. The lowest BCUT2D eigenvalue weighted by molar-refractivity contribution is -0.173. The van der Waals surface area contributed by atoms with Crippen LogP contribution < -0.4 is 10.1 Å². The van der Waals surface area contributed by atoms with Gasteiger partial charge in [-0.2, -0.15) is 13.2 Å². The summed E-state index contributed by atoms with van der Waals surface area (Å²) in [5, 5.41) is 2.35. The van der Waals surface area contributed by atoms with E-state index in [1.54, 1.807) is 0 Å². The first-order valence-electron chi connectivity index (χ1n) is 6.12. The molecule has 0 radical (unpaired) electrons. The predicted octanol–water partition coefficient (Wildman–Crippen LogP) is 2.29. The molecule has 1 amide bonds. The Hall–Kier alpha value is -1.83. The Bertz CT molecular complexity index is 465. The van der Waals surface area contributed by atoms with Crippen LogP contribution in [0.4, 0.5) is 17.6 Å². The highest BCUT2D eigenvalue weighted by Gasteiger charge is 2.27. The van der Waals surface area contributed by atoms with Gasteiger partial charge in [0.15, 0.2) is 6.10 Å². The molecule has 0 spiro atoms. The van der Waals surface area contributed by atoms with E-state index in [-0.39, 0.29) is 18.9 Å². The highest BCUT2D eigenvalue weighted by molar-refractivity contribution is 5.80. The Kier molecular flexibility index (Phi) is 6.41. The summed E-state index contributed by atoms with van der Waals surface area (Å²) in [7, 11) is 0. The van der Waals surface area contributed by atoms with Gasteiger partial charge in [-0.3, -0.25) is 4.79 Å². The van der Waals surface area contributed by atoms with Gasteiger partial charge in [-0.25, -0.2) is 4.39 Å². The summed E-state index contributed by atoms with van der Waals surface area (Å²) in [4.78, 5) is 11.6. The monoisotopic (exact) mass is 309 g/mol. The molecule has 0 heterocycles. The maximum atomic E-state index is 12.9. The molecule has 0 bridgehead atoms. The number of carbonyl (C=O) groups excluding carboxylic acids is 1. The van der Waals surface area contributed by atoms with Gasteiger partial charge in [0.25, 0.3) is 5.91 Å². The second kappa shape index (κ2) is 7.82. The fourth-order valence-corrected chi connectivity index (χ4v) is 1.38. The molecule has 118 valence electrons. The summed E-state index contributed by atoms with van der Waals surface area (Å²) in [6.07, 6.45) is -5.30. The smallest absolute Gasteiger partial charge is 0.411 e. The molecule has 1 atom stereocenters. The zero-order chi connectivity index (χ0) is 15.9. The van der Waals surface area contributed by atoms with Crippen molar-refractivity contribution in [2.24, 2.45) is 0 Å². The molecular weight excluding hydrogens is 294 g/mol. The van der Waals surface area contributed by atoms with Gasteiger partial charge >= 0.3 is 6.18 Å². The van der Waals surface area contributed by atoms with Gasteiger partial charge in [-0.05, 0) is 19.1 Å². The van der Waals surface area contributed by atoms with E-state index >= 15 is 0 Å². The second-order valence-corrected chi connectivity index (χ2v) is 4.18. The van der Waals surface area contributed by atoms with Crippen LogP contribution in [0.15, 0.2) is 24.3 Å². The summed E-state index contributed by atoms with van der Waals surface area (Å²) < 4.78 is 57.8. The molecule has 21 heavy (non-hydrogen) atoms. The van der Waals surface area contributed by atoms with Gasteiger partial charge in [0.2, 0.25) is 0 Å². The van der Waals surface area contributed by atoms with Crippen LogP contribution in [0.2, 0.25) is 0 Å². The zero-order valence-corrected chi connectivity index (χ0v) is 11.2. The van der Waals surface area contributed by atoms with E-state index in [2.05, 4.69) is 10.1 Å². The van der Waals surface area contributed by atoms with Gasteiger partial charge < -0.3 is 14.8 Å². The fraction of sp³-hybridized carbons (Fsp3) is 0.462. The van der Waals surface area contributed by atoms with Crippen molar-refractivity contribution in [1.29, 1.82) is 0 Å². The number of amides is 1. The average molecular weight is 309 g/mol. The lowest BCUT2D eigenvalue weighted by Gasteiger charge is -2.15. The van der Waals surface area contributed by atoms with E-state index in [1.165, 1.54) is 25.1 Å². The third kappa shape index (κ3) is 7.50. The zero-order valence-electron chi connectivity index (χ0n) is 11.2. The Morgan fingerprint density at radius 1 is 1.38 bits per heavy atom. The number of hydrogen-bond acceptors (Lipinski definition) is 3. The van der Waals surface area contributed by atoms with Crippen molar-refractivity contribution in [2.75, 3.05) is 19.8 Å². The van der Waals surface area contributed by atoms with E-state index in [9.17, 15) is 22.4 Å². The summed E-state index contributed by atoms with van der Waals surface area (Å²) >= 11 is 0. The van der Waals surface area contributed by atoms with E-state index in [0.29, 0.717) is 0 Å². The van der Waals surface area contributed by atoms with Crippen molar-refractivity contribution in [3.63, 3.8) is 0 Å². The molecule has 0 fully saturated rings. The first-order valence-corrected chi connectivity index (χ1v) is 6.12. The van der Waals surface area contributed by atoms with E-state index in [1.807, 2.05) is 0 Å². The molecule has 8 heteroatoms. The van der Waals surface area contributed by atoms with Crippen molar-refractivity contribution in [2.45, 2.75) is 19.2 Å². The average Bonchev–Trinajstić information content (AvgIpc) is 2.36. The molecule has 0 saturated carbocycles. The summed E-state index contributed by atoms with van der Waals surface area (Å²) in [6, 6.07) is 5.27. The van der Waals surface area contributed by atoms with E-state index in [4.69, 9.17) is 4.74 Å². The van der Waals surface area contributed by atoms with Crippen LogP contribution in [0, 0.1) is 5.82 Å². The molecule has 0 aliphatic heterocycles. The van der Waals surface area contributed by atoms with Gasteiger partial charge in [0.05, 0.1) is 6.61 Å². The first kappa shape index (κ1) is 17.2. The minimum atomic E-state index is -4.39. The first-order chi connectivity index (χ1) is 9.78. The van der Waals surface area contributed by atoms with Crippen molar-refractivity contribution in [1.82, 2.24) is 5.32 Å². The van der Waals surface area contributed by atoms with Crippen molar-refractivity contribution in [3.8, 4) is 5.75 Å². The molecule has 1 N–H and O–H groups in total. The quantitative estimate of drug-likeness (QED) is 0.621. The highest BCUT2D eigenvalue weighted by atomic mass is 19.4. The molecule has 1 unspecified atom stereocenters. The predicted molar refractivity (Wildman–Crippen MR) is 66.4 cm³/mol. The molecule has 0 aliphatic rings.